The molecule has 0 aliphatic carbocycles. The average molecular weight is 302 g/mol. The van der Waals surface area contributed by atoms with Gasteiger partial charge in [0, 0.05) is 6.54 Å². The molecule has 7 heteroatoms. The zero-order valence-electron chi connectivity index (χ0n) is 12.0. The predicted molar refractivity (Wildman–Crippen MR) is 79.4 cm³/mol. The lowest BCUT2D eigenvalue weighted by Crippen LogP contribution is -2.21. The second kappa shape index (κ2) is 7.47. The molecule has 0 aromatic heterocycles. The summed E-state index contributed by atoms with van der Waals surface area (Å²) in [5.74, 6) is 0.341. The smallest absolute Gasteiger partial charge is 0.235 e. The molecule has 114 valence electrons. The highest BCUT2D eigenvalue weighted by Crippen LogP contribution is 2.26. The van der Waals surface area contributed by atoms with Gasteiger partial charge in [-0.1, -0.05) is 6.07 Å². The van der Waals surface area contributed by atoms with E-state index in [1.54, 1.807) is 18.2 Å². The first kappa shape index (κ1) is 16.7. The first-order valence-electron chi connectivity index (χ1n) is 6.37. The molecule has 0 bridgehead atoms. The van der Waals surface area contributed by atoms with Crippen LogP contribution in [0.3, 0.4) is 0 Å². The number of hydrogen-bond donors (Lipinski definition) is 2. The van der Waals surface area contributed by atoms with Crippen molar-refractivity contribution in [2.45, 2.75) is 26.5 Å². The van der Waals surface area contributed by atoms with Gasteiger partial charge in [0.2, 0.25) is 10.0 Å². The van der Waals surface area contributed by atoms with Gasteiger partial charge in [0.15, 0.2) is 0 Å². The molecule has 0 saturated carbocycles. The normalized spacial score (nSPS) is 11.7. The van der Waals surface area contributed by atoms with Crippen molar-refractivity contribution in [3.8, 4) is 5.75 Å². The van der Waals surface area contributed by atoms with Crippen molar-refractivity contribution in [2.75, 3.05) is 24.2 Å². The summed E-state index contributed by atoms with van der Waals surface area (Å²) in [4.78, 5) is 0. The standard InChI is InChI=1S/C13H22N2O4S/c1-10(2)19-6-7-20(16,17)15-12-5-4-11(9-14)8-13(12)18-3/h4-5,8,10,15H,6-7,9,14H2,1-3H3. The van der Waals surface area contributed by atoms with Gasteiger partial charge in [-0.05, 0) is 31.5 Å². The maximum absolute atomic E-state index is 11.9. The number of ether oxygens (including phenoxy) is 2. The lowest BCUT2D eigenvalue weighted by atomic mass is 10.2. The lowest BCUT2D eigenvalue weighted by molar-refractivity contribution is 0.0913. The van der Waals surface area contributed by atoms with Crippen LogP contribution >= 0.6 is 0 Å². The van der Waals surface area contributed by atoms with Crippen LogP contribution in [0.1, 0.15) is 19.4 Å². The summed E-state index contributed by atoms with van der Waals surface area (Å²) >= 11 is 0. The molecule has 0 heterocycles. The number of hydrogen-bond acceptors (Lipinski definition) is 5. The summed E-state index contributed by atoms with van der Waals surface area (Å²) in [6, 6.07) is 5.11. The fraction of sp³-hybridized carbons (Fsp3) is 0.538. The van der Waals surface area contributed by atoms with Crippen LogP contribution < -0.4 is 15.2 Å². The van der Waals surface area contributed by atoms with Crippen molar-refractivity contribution >= 4 is 15.7 Å². The molecule has 0 fully saturated rings. The number of benzene rings is 1. The van der Waals surface area contributed by atoms with Gasteiger partial charge in [0.25, 0.3) is 0 Å². The molecular formula is C13H22N2O4S. The highest BCUT2D eigenvalue weighted by Gasteiger charge is 2.14. The van der Waals surface area contributed by atoms with E-state index in [-0.39, 0.29) is 18.5 Å². The molecule has 1 rings (SSSR count). The Bertz CT molecular complexity index is 529. The maximum Gasteiger partial charge on any atom is 0.235 e. The zero-order valence-corrected chi connectivity index (χ0v) is 12.9. The highest BCUT2D eigenvalue weighted by atomic mass is 32.2. The van der Waals surface area contributed by atoms with E-state index in [0.29, 0.717) is 18.0 Å². The van der Waals surface area contributed by atoms with Gasteiger partial charge in [-0.3, -0.25) is 4.72 Å². The largest absolute Gasteiger partial charge is 0.495 e. The van der Waals surface area contributed by atoms with E-state index in [1.165, 1.54) is 7.11 Å². The van der Waals surface area contributed by atoms with Crippen LogP contribution in [-0.2, 0) is 21.3 Å². The SMILES string of the molecule is COc1cc(CN)ccc1NS(=O)(=O)CCOC(C)C. The van der Waals surface area contributed by atoms with Gasteiger partial charge in [-0.15, -0.1) is 0 Å². The summed E-state index contributed by atoms with van der Waals surface area (Å²) in [6.07, 6.45) is 0.00331. The van der Waals surface area contributed by atoms with E-state index in [4.69, 9.17) is 15.2 Å². The molecule has 0 atom stereocenters. The van der Waals surface area contributed by atoms with E-state index >= 15 is 0 Å². The third kappa shape index (κ3) is 5.36. The van der Waals surface area contributed by atoms with Crippen LogP contribution in [0.5, 0.6) is 5.75 Å². The molecule has 0 spiro atoms. The van der Waals surface area contributed by atoms with Crippen LogP contribution in [-0.4, -0.2) is 34.0 Å². The van der Waals surface area contributed by atoms with E-state index < -0.39 is 10.0 Å². The number of sulfonamides is 1. The van der Waals surface area contributed by atoms with Gasteiger partial charge >= 0.3 is 0 Å². The topological polar surface area (TPSA) is 90.6 Å². The van der Waals surface area contributed by atoms with Gasteiger partial charge < -0.3 is 15.2 Å². The van der Waals surface area contributed by atoms with E-state index in [9.17, 15) is 8.42 Å². The van der Waals surface area contributed by atoms with Crippen molar-refractivity contribution in [3.05, 3.63) is 23.8 Å². The monoisotopic (exact) mass is 302 g/mol. The van der Waals surface area contributed by atoms with Gasteiger partial charge in [-0.2, -0.15) is 0 Å². The predicted octanol–water partition coefficient (Wildman–Crippen LogP) is 1.32. The number of rotatable bonds is 8. The third-order valence-electron chi connectivity index (χ3n) is 2.57. The van der Waals surface area contributed by atoms with Crippen LogP contribution in [0.15, 0.2) is 18.2 Å². The fourth-order valence-electron chi connectivity index (χ4n) is 1.56. The Kier molecular flexibility index (Phi) is 6.25. The van der Waals surface area contributed by atoms with Gasteiger partial charge in [0.1, 0.15) is 5.75 Å². The molecule has 0 unspecified atom stereocenters. The van der Waals surface area contributed by atoms with Crippen molar-refractivity contribution in [3.63, 3.8) is 0 Å². The van der Waals surface area contributed by atoms with Gasteiger partial charge in [-0.25, -0.2) is 8.42 Å². The number of methoxy groups -OCH3 is 1. The Morgan fingerprint density at radius 2 is 2.05 bits per heavy atom. The molecule has 0 saturated heterocycles. The van der Waals surface area contributed by atoms with Crippen molar-refractivity contribution < 1.29 is 17.9 Å². The number of nitrogens with two attached hydrogens (primary N) is 1. The number of anilines is 1. The van der Waals surface area contributed by atoms with Crippen LogP contribution in [0, 0.1) is 0 Å². The van der Waals surface area contributed by atoms with E-state index in [1.807, 2.05) is 13.8 Å². The molecule has 1 aromatic rings. The van der Waals surface area contributed by atoms with Crippen LogP contribution in [0.25, 0.3) is 0 Å². The second-order valence-corrected chi connectivity index (χ2v) is 6.42. The zero-order chi connectivity index (χ0) is 15.2. The van der Waals surface area contributed by atoms with Crippen molar-refractivity contribution in [1.82, 2.24) is 0 Å². The van der Waals surface area contributed by atoms with Crippen LogP contribution in [0.2, 0.25) is 0 Å². The minimum absolute atomic E-state index is 0.00331. The Hall–Kier alpha value is -1.31. The molecule has 0 aliphatic rings. The molecule has 20 heavy (non-hydrogen) atoms. The molecule has 6 nitrogen and oxygen atoms in total. The fourth-order valence-corrected chi connectivity index (χ4v) is 2.48. The molecule has 0 aliphatic heterocycles. The highest BCUT2D eigenvalue weighted by molar-refractivity contribution is 7.92. The summed E-state index contributed by atoms with van der Waals surface area (Å²) in [6.45, 7) is 4.23. The Morgan fingerprint density at radius 1 is 1.35 bits per heavy atom. The average Bonchev–Trinajstić information content (AvgIpc) is 2.38. The van der Waals surface area contributed by atoms with E-state index in [0.717, 1.165) is 5.56 Å². The Labute approximate surface area is 120 Å². The maximum atomic E-state index is 11.9. The van der Waals surface area contributed by atoms with Crippen molar-refractivity contribution in [1.29, 1.82) is 0 Å². The molecule has 0 amide bonds. The molecule has 3 N–H and O–H groups in total. The first-order valence-corrected chi connectivity index (χ1v) is 8.02. The summed E-state index contributed by atoms with van der Waals surface area (Å²) in [5.41, 5.74) is 6.80. The Balaban J connectivity index is 2.76. The summed E-state index contributed by atoms with van der Waals surface area (Å²) in [5, 5.41) is 0. The molecule has 0 radical (unpaired) electrons. The first-order chi connectivity index (χ1) is 9.38. The molecule has 1 aromatic carbocycles. The van der Waals surface area contributed by atoms with Crippen LogP contribution in [0.4, 0.5) is 5.69 Å². The molecular weight excluding hydrogens is 280 g/mol. The summed E-state index contributed by atoms with van der Waals surface area (Å²) in [7, 11) is -1.99. The minimum atomic E-state index is -3.47. The summed E-state index contributed by atoms with van der Waals surface area (Å²) < 4.78 is 36.8. The minimum Gasteiger partial charge on any atom is -0.495 e. The van der Waals surface area contributed by atoms with Gasteiger partial charge in [0.05, 0.1) is 31.3 Å². The quantitative estimate of drug-likeness (QED) is 0.756. The lowest BCUT2D eigenvalue weighted by Gasteiger charge is -2.13. The second-order valence-electron chi connectivity index (χ2n) is 4.58. The van der Waals surface area contributed by atoms with Crippen molar-refractivity contribution in [2.24, 2.45) is 5.73 Å². The third-order valence-corrected chi connectivity index (χ3v) is 3.81. The van der Waals surface area contributed by atoms with E-state index in [2.05, 4.69) is 4.72 Å². The Morgan fingerprint density at radius 3 is 2.60 bits per heavy atom. The number of nitrogens with one attached hydrogen (secondary N) is 1.